The molecule has 0 bridgehead atoms. The van der Waals surface area contributed by atoms with Crippen LogP contribution >= 0.6 is 11.6 Å². The summed E-state index contributed by atoms with van der Waals surface area (Å²) in [6.07, 6.45) is 4.21. The molecule has 0 aromatic carbocycles. The van der Waals surface area contributed by atoms with Crippen molar-refractivity contribution in [2.45, 2.75) is 6.42 Å². The first-order chi connectivity index (χ1) is 8.66. The van der Waals surface area contributed by atoms with Gasteiger partial charge in [0.25, 0.3) is 0 Å². The first-order valence-electron chi connectivity index (χ1n) is 5.69. The number of nitrogens with zero attached hydrogens (tertiary/aromatic N) is 5. The molecule has 1 N–H and O–H groups in total. The van der Waals surface area contributed by atoms with Gasteiger partial charge < -0.3 is 10.2 Å². The molecule has 2 aromatic rings. The number of fused-ring (bicyclic) bond motifs is 1. The van der Waals surface area contributed by atoms with Crippen LogP contribution in [0.1, 0.15) is 6.42 Å². The molecule has 96 valence electrons. The number of hydrogen-bond donors (Lipinski definition) is 1. The van der Waals surface area contributed by atoms with E-state index in [1.165, 1.54) is 0 Å². The van der Waals surface area contributed by atoms with E-state index in [9.17, 15) is 0 Å². The second-order valence-corrected chi connectivity index (χ2v) is 4.49. The number of aromatic nitrogens is 4. The smallest absolute Gasteiger partial charge is 0.226 e. The molecule has 2 aromatic heterocycles. The Bertz CT molecular complexity index is 530. The van der Waals surface area contributed by atoms with Gasteiger partial charge in [0, 0.05) is 18.9 Å². The van der Waals surface area contributed by atoms with Crippen LogP contribution in [0.2, 0.25) is 5.28 Å². The van der Waals surface area contributed by atoms with Crippen LogP contribution in [0.5, 0.6) is 0 Å². The van der Waals surface area contributed by atoms with E-state index in [1.54, 1.807) is 12.4 Å². The third-order valence-electron chi connectivity index (χ3n) is 2.38. The van der Waals surface area contributed by atoms with Crippen molar-refractivity contribution >= 4 is 28.6 Å². The molecule has 0 aliphatic rings. The summed E-state index contributed by atoms with van der Waals surface area (Å²) in [5, 5.41) is 3.40. The fourth-order valence-corrected chi connectivity index (χ4v) is 1.73. The van der Waals surface area contributed by atoms with Crippen molar-refractivity contribution in [1.82, 2.24) is 24.8 Å². The van der Waals surface area contributed by atoms with Gasteiger partial charge in [0.1, 0.15) is 0 Å². The van der Waals surface area contributed by atoms with Gasteiger partial charge in [-0.3, -0.25) is 0 Å². The van der Waals surface area contributed by atoms with Crippen LogP contribution in [0.4, 0.5) is 5.82 Å². The Labute approximate surface area is 110 Å². The van der Waals surface area contributed by atoms with Gasteiger partial charge in [-0.05, 0) is 38.7 Å². The van der Waals surface area contributed by atoms with Crippen LogP contribution in [-0.2, 0) is 0 Å². The zero-order valence-corrected chi connectivity index (χ0v) is 11.1. The molecule has 0 atom stereocenters. The molecule has 0 spiro atoms. The standard InChI is InChI=1S/C11H15ClN6/c1-18(2)7-3-4-14-9-8-10(15-6-5-13-8)17-11(12)16-9/h5-6H,3-4,7H2,1-2H3,(H,14,15,16,17). The van der Waals surface area contributed by atoms with Crippen LogP contribution in [0.25, 0.3) is 11.2 Å². The maximum absolute atomic E-state index is 5.85. The zero-order chi connectivity index (χ0) is 13.0. The Morgan fingerprint density at radius 2 is 2.00 bits per heavy atom. The van der Waals surface area contributed by atoms with Gasteiger partial charge in [-0.15, -0.1) is 0 Å². The molecule has 18 heavy (non-hydrogen) atoms. The molecule has 6 nitrogen and oxygen atoms in total. The Morgan fingerprint density at radius 1 is 1.22 bits per heavy atom. The first kappa shape index (κ1) is 12.9. The van der Waals surface area contributed by atoms with E-state index in [2.05, 4.69) is 30.2 Å². The Hall–Kier alpha value is -1.53. The lowest BCUT2D eigenvalue weighted by molar-refractivity contribution is 0.405. The predicted octanol–water partition coefficient (Wildman–Crippen LogP) is 1.44. The van der Waals surface area contributed by atoms with Gasteiger partial charge in [0.15, 0.2) is 17.0 Å². The van der Waals surface area contributed by atoms with Crippen LogP contribution in [0.15, 0.2) is 12.4 Å². The highest BCUT2D eigenvalue weighted by Crippen LogP contribution is 2.17. The SMILES string of the molecule is CN(C)CCCNc1nc(Cl)nc2nccnc12. The van der Waals surface area contributed by atoms with Gasteiger partial charge in [-0.25, -0.2) is 9.97 Å². The molecule has 0 radical (unpaired) electrons. The molecule has 2 heterocycles. The van der Waals surface area contributed by atoms with Crippen LogP contribution in [0, 0.1) is 0 Å². The van der Waals surface area contributed by atoms with Crippen molar-refractivity contribution in [2.24, 2.45) is 0 Å². The van der Waals surface area contributed by atoms with E-state index in [1.807, 2.05) is 14.1 Å². The fourth-order valence-electron chi connectivity index (χ4n) is 1.56. The van der Waals surface area contributed by atoms with Crippen molar-refractivity contribution in [1.29, 1.82) is 0 Å². The number of rotatable bonds is 5. The van der Waals surface area contributed by atoms with E-state index in [0.29, 0.717) is 17.0 Å². The van der Waals surface area contributed by atoms with E-state index >= 15 is 0 Å². The first-order valence-corrected chi connectivity index (χ1v) is 6.07. The largest absolute Gasteiger partial charge is 0.368 e. The monoisotopic (exact) mass is 266 g/mol. The molecule has 0 unspecified atom stereocenters. The summed E-state index contributed by atoms with van der Waals surface area (Å²) in [4.78, 5) is 18.6. The van der Waals surface area contributed by atoms with Crippen molar-refractivity contribution in [3.05, 3.63) is 17.7 Å². The zero-order valence-electron chi connectivity index (χ0n) is 10.4. The minimum absolute atomic E-state index is 0.179. The minimum atomic E-state index is 0.179. The number of hydrogen-bond acceptors (Lipinski definition) is 6. The van der Waals surface area contributed by atoms with Crippen LogP contribution in [-0.4, -0.2) is 52.0 Å². The van der Waals surface area contributed by atoms with Crippen LogP contribution < -0.4 is 5.32 Å². The van der Waals surface area contributed by atoms with Crippen molar-refractivity contribution < 1.29 is 0 Å². The average molecular weight is 267 g/mol. The summed E-state index contributed by atoms with van der Waals surface area (Å²) in [7, 11) is 4.09. The summed E-state index contributed by atoms with van der Waals surface area (Å²) in [5.74, 6) is 0.636. The number of nitrogens with one attached hydrogen (secondary N) is 1. The third-order valence-corrected chi connectivity index (χ3v) is 2.55. The molecule has 0 aliphatic carbocycles. The second-order valence-electron chi connectivity index (χ2n) is 4.15. The average Bonchev–Trinajstić information content (AvgIpc) is 2.34. The molecule has 0 saturated heterocycles. The highest BCUT2D eigenvalue weighted by Gasteiger charge is 2.07. The van der Waals surface area contributed by atoms with E-state index in [-0.39, 0.29) is 5.28 Å². The maximum Gasteiger partial charge on any atom is 0.226 e. The molecule has 2 rings (SSSR count). The highest BCUT2D eigenvalue weighted by molar-refractivity contribution is 6.28. The maximum atomic E-state index is 5.85. The van der Waals surface area contributed by atoms with Gasteiger partial charge in [-0.2, -0.15) is 9.97 Å². The summed E-state index contributed by atoms with van der Waals surface area (Å²) in [6.45, 7) is 1.81. The van der Waals surface area contributed by atoms with Crippen molar-refractivity contribution in [3.8, 4) is 0 Å². The molecule has 0 fully saturated rings. The van der Waals surface area contributed by atoms with Crippen molar-refractivity contribution in [3.63, 3.8) is 0 Å². The molecular weight excluding hydrogens is 252 g/mol. The molecule has 7 heteroatoms. The lowest BCUT2D eigenvalue weighted by Gasteiger charge is -2.10. The summed E-state index contributed by atoms with van der Waals surface area (Å²) in [6, 6.07) is 0. The second kappa shape index (κ2) is 5.88. The normalized spacial score (nSPS) is 11.1. The van der Waals surface area contributed by atoms with Gasteiger partial charge in [0.2, 0.25) is 5.28 Å². The molecule has 0 aliphatic heterocycles. The lowest BCUT2D eigenvalue weighted by atomic mass is 10.4. The predicted molar refractivity (Wildman–Crippen MR) is 71.8 cm³/mol. The fraction of sp³-hybridized carbons (Fsp3) is 0.455. The highest BCUT2D eigenvalue weighted by atomic mass is 35.5. The quantitative estimate of drug-likeness (QED) is 0.652. The Kier molecular flexibility index (Phi) is 4.22. The van der Waals surface area contributed by atoms with E-state index < -0.39 is 0 Å². The van der Waals surface area contributed by atoms with Crippen molar-refractivity contribution in [2.75, 3.05) is 32.5 Å². The van der Waals surface area contributed by atoms with Gasteiger partial charge >= 0.3 is 0 Å². The topological polar surface area (TPSA) is 66.8 Å². The van der Waals surface area contributed by atoms with Crippen LogP contribution in [0.3, 0.4) is 0 Å². The van der Waals surface area contributed by atoms with E-state index in [4.69, 9.17) is 11.6 Å². The number of halogens is 1. The Balaban J connectivity index is 2.12. The summed E-state index contributed by atoms with van der Waals surface area (Å²) < 4.78 is 0. The molecule has 0 saturated carbocycles. The number of anilines is 1. The van der Waals surface area contributed by atoms with E-state index in [0.717, 1.165) is 19.5 Å². The summed E-state index contributed by atoms with van der Waals surface area (Å²) >= 11 is 5.85. The van der Waals surface area contributed by atoms with Gasteiger partial charge in [0.05, 0.1) is 0 Å². The Morgan fingerprint density at radius 3 is 2.78 bits per heavy atom. The minimum Gasteiger partial charge on any atom is -0.368 e. The lowest BCUT2D eigenvalue weighted by Crippen LogP contribution is -2.17. The summed E-state index contributed by atoms with van der Waals surface area (Å²) in [5.41, 5.74) is 1.15. The molecule has 0 amide bonds. The van der Waals surface area contributed by atoms with Gasteiger partial charge in [-0.1, -0.05) is 0 Å². The third kappa shape index (κ3) is 3.24. The molecular formula is C11H15ClN6.